The Morgan fingerprint density at radius 1 is 1.38 bits per heavy atom. The minimum atomic E-state index is -0.528. The zero-order valence-electron chi connectivity index (χ0n) is 13.9. The third kappa shape index (κ3) is 3.76. The molecule has 0 aromatic heterocycles. The molecule has 0 aromatic rings. The van der Waals surface area contributed by atoms with Crippen LogP contribution in [0.15, 0.2) is 0 Å². The molecule has 1 saturated heterocycles. The SMILES string of the molecule is COC(=O)C1(NC(C)C)CCCC(N(C)C2CCOC2)C1. The first kappa shape index (κ1) is 16.7. The number of rotatable bonds is 5. The maximum Gasteiger partial charge on any atom is 0.326 e. The lowest BCUT2D eigenvalue weighted by Gasteiger charge is -2.44. The molecule has 1 saturated carbocycles. The van der Waals surface area contributed by atoms with Gasteiger partial charge in [-0.15, -0.1) is 0 Å². The summed E-state index contributed by atoms with van der Waals surface area (Å²) in [7, 11) is 3.66. The van der Waals surface area contributed by atoms with Gasteiger partial charge in [0.15, 0.2) is 0 Å². The fourth-order valence-electron chi connectivity index (χ4n) is 3.86. The van der Waals surface area contributed by atoms with Crippen LogP contribution in [0.4, 0.5) is 0 Å². The van der Waals surface area contributed by atoms with Gasteiger partial charge in [-0.1, -0.05) is 0 Å². The number of esters is 1. The van der Waals surface area contributed by atoms with Crippen molar-refractivity contribution >= 4 is 5.97 Å². The monoisotopic (exact) mass is 298 g/mol. The number of nitrogens with zero attached hydrogens (tertiary/aromatic N) is 1. The highest BCUT2D eigenvalue weighted by Gasteiger charge is 2.45. The first-order valence-corrected chi connectivity index (χ1v) is 8.14. The van der Waals surface area contributed by atoms with Gasteiger partial charge in [0, 0.05) is 24.7 Å². The molecule has 2 fully saturated rings. The first-order chi connectivity index (χ1) is 9.98. The molecule has 1 aliphatic heterocycles. The molecule has 1 heterocycles. The molecule has 2 aliphatic rings. The van der Waals surface area contributed by atoms with Crippen molar-refractivity contribution in [1.82, 2.24) is 10.2 Å². The summed E-state index contributed by atoms with van der Waals surface area (Å²) in [4.78, 5) is 14.8. The average molecular weight is 298 g/mol. The van der Waals surface area contributed by atoms with Crippen LogP contribution in [0.3, 0.4) is 0 Å². The largest absolute Gasteiger partial charge is 0.468 e. The Hall–Kier alpha value is -0.650. The number of carbonyl (C=O) groups excluding carboxylic acids is 1. The van der Waals surface area contributed by atoms with E-state index in [9.17, 15) is 4.79 Å². The molecule has 1 N–H and O–H groups in total. The predicted octanol–water partition coefficient (Wildman–Crippen LogP) is 1.56. The molecule has 5 nitrogen and oxygen atoms in total. The van der Waals surface area contributed by atoms with E-state index in [2.05, 4.69) is 31.1 Å². The van der Waals surface area contributed by atoms with E-state index in [1.165, 1.54) is 7.11 Å². The summed E-state index contributed by atoms with van der Waals surface area (Å²) >= 11 is 0. The fraction of sp³-hybridized carbons (Fsp3) is 0.938. The zero-order valence-corrected chi connectivity index (χ0v) is 13.9. The molecule has 5 heteroatoms. The van der Waals surface area contributed by atoms with Gasteiger partial charge in [-0.05, 0) is 53.0 Å². The lowest BCUT2D eigenvalue weighted by atomic mass is 9.77. The molecular formula is C16H30N2O3. The van der Waals surface area contributed by atoms with Crippen molar-refractivity contribution in [1.29, 1.82) is 0 Å². The number of carbonyl (C=O) groups is 1. The lowest BCUT2D eigenvalue weighted by Crippen LogP contribution is -2.60. The normalized spacial score (nSPS) is 33.6. The van der Waals surface area contributed by atoms with Gasteiger partial charge in [-0.2, -0.15) is 0 Å². The van der Waals surface area contributed by atoms with E-state index in [0.717, 1.165) is 45.3 Å². The highest BCUT2D eigenvalue weighted by Crippen LogP contribution is 2.34. The summed E-state index contributed by atoms with van der Waals surface area (Å²) in [5.74, 6) is -0.114. The van der Waals surface area contributed by atoms with E-state index in [-0.39, 0.29) is 12.0 Å². The van der Waals surface area contributed by atoms with Crippen LogP contribution in [0.2, 0.25) is 0 Å². The Bertz CT molecular complexity index is 355. The molecule has 0 bridgehead atoms. The van der Waals surface area contributed by atoms with Crippen molar-refractivity contribution in [2.75, 3.05) is 27.4 Å². The van der Waals surface area contributed by atoms with Crippen molar-refractivity contribution < 1.29 is 14.3 Å². The molecule has 0 spiro atoms. The molecular weight excluding hydrogens is 268 g/mol. The smallest absolute Gasteiger partial charge is 0.326 e. The van der Waals surface area contributed by atoms with Crippen molar-refractivity contribution in [3.8, 4) is 0 Å². The Balaban J connectivity index is 2.09. The van der Waals surface area contributed by atoms with Gasteiger partial charge in [0.05, 0.1) is 13.7 Å². The summed E-state index contributed by atoms with van der Waals surface area (Å²) in [6, 6.07) is 1.17. The van der Waals surface area contributed by atoms with Crippen molar-refractivity contribution in [2.45, 2.75) is 69.6 Å². The molecule has 21 heavy (non-hydrogen) atoms. The van der Waals surface area contributed by atoms with Crippen LogP contribution in [0.5, 0.6) is 0 Å². The Morgan fingerprint density at radius 2 is 2.14 bits per heavy atom. The number of hydrogen-bond donors (Lipinski definition) is 1. The van der Waals surface area contributed by atoms with E-state index >= 15 is 0 Å². The molecule has 2 rings (SSSR count). The van der Waals surface area contributed by atoms with Crippen LogP contribution in [-0.4, -0.2) is 61.9 Å². The number of nitrogens with one attached hydrogen (secondary N) is 1. The van der Waals surface area contributed by atoms with Crippen LogP contribution >= 0.6 is 0 Å². The van der Waals surface area contributed by atoms with Gasteiger partial charge in [-0.25, -0.2) is 0 Å². The molecule has 0 aromatic carbocycles. The molecule has 3 unspecified atom stereocenters. The molecule has 122 valence electrons. The van der Waals surface area contributed by atoms with Crippen molar-refractivity contribution in [2.24, 2.45) is 0 Å². The summed E-state index contributed by atoms with van der Waals surface area (Å²) in [6.45, 7) is 5.84. The summed E-state index contributed by atoms with van der Waals surface area (Å²) in [5, 5.41) is 3.49. The average Bonchev–Trinajstić information content (AvgIpc) is 2.99. The standard InChI is InChI=1S/C16H30N2O3/c1-12(2)17-16(15(19)20-4)8-5-6-13(10-16)18(3)14-7-9-21-11-14/h12-14,17H,5-11H2,1-4H3. The third-order valence-electron chi connectivity index (χ3n) is 4.92. The molecule has 0 radical (unpaired) electrons. The van der Waals surface area contributed by atoms with E-state index in [4.69, 9.17) is 9.47 Å². The molecule has 0 amide bonds. The summed E-state index contributed by atoms with van der Waals surface area (Å²) in [6.07, 6.45) is 4.98. The zero-order chi connectivity index (χ0) is 15.5. The number of methoxy groups -OCH3 is 1. The van der Waals surface area contributed by atoms with Crippen LogP contribution in [0, 0.1) is 0 Å². The van der Waals surface area contributed by atoms with Crippen molar-refractivity contribution in [3.05, 3.63) is 0 Å². The van der Waals surface area contributed by atoms with Gasteiger partial charge in [-0.3, -0.25) is 15.0 Å². The highest BCUT2D eigenvalue weighted by atomic mass is 16.5. The van der Waals surface area contributed by atoms with Crippen LogP contribution in [0.25, 0.3) is 0 Å². The number of hydrogen-bond acceptors (Lipinski definition) is 5. The van der Waals surface area contributed by atoms with Gasteiger partial charge < -0.3 is 9.47 Å². The van der Waals surface area contributed by atoms with Gasteiger partial charge in [0.2, 0.25) is 0 Å². The maximum absolute atomic E-state index is 12.4. The second-order valence-corrected chi connectivity index (χ2v) is 6.81. The van der Waals surface area contributed by atoms with Gasteiger partial charge >= 0.3 is 5.97 Å². The van der Waals surface area contributed by atoms with E-state index in [0.29, 0.717) is 12.1 Å². The lowest BCUT2D eigenvalue weighted by molar-refractivity contribution is -0.151. The van der Waals surface area contributed by atoms with Crippen molar-refractivity contribution in [3.63, 3.8) is 0 Å². The van der Waals surface area contributed by atoms with E-state index < -0.39 is 5.54 Å². The van der Waals surface area contributed by atoms with Crippen LogP contribution in [-0.2, 0) is 14.3 Å². The Morgan fingerprint density at radius 3 is 2.71 bits per heavy atom. The maximum atomic E-state index is 12.4. The topological polar surface area (TPSA) is 50.8 Å². The van der Waals surface area contributed by atoms with Gasteiger partial charge in [0.1, 0.15) is 5.54 Å². The second-order valence-electron chi connectivity index (χ2n) is 6.81. The van der Waals surface area contributed by atoms with E-state index in [1.54, 1.807) is 0 Å². The summed E-state index contributed by atoms with van der Waals surface area (Å²) < 4.78 is 10.6. The van der Waals surface area contributed by atoms with E-state index in [1.807, 2.05) is 0 Å². The predicted molar refractivity (Wildman–Crippen MR) is 82.3 cm³/mol. The third-order valence-corrected chi connectivity index (χ3v) is 4.92. The Labute approximate surface area is 128 Å². The molecule has 3 atom stereocenters. The second kappa shape index (κ2) is 7.07. The first-order valence-electron chi connectivity index (χ1n) is 8.14. The summed E-state index contributed by atoms with van der Waals surface area (Å²) in [5.41, 5.74) is -0.528. The fourth-order valence-corrected chi connectivity index (χ4v) is 3.86. The van der Waals surface area contributed by atoms with Crippen LogP contribution in [0.1, 0.15) is 46.0 Å². The number of ether oxygens (including phenoxy) is 2. The minimum absolute atomic E-state index is 0.114. The molecule has 1 aliphatic carbocycles. The van der Waals surface area contributed by atoms with Crippen LogP contribution < -0.4 is 5.32 Å². The quantitative estimate of drug-likeness (QED) is 0.781. The Kier molecular flexibility index (Phi) is 5.63. The highest BCUT2D eigenvalue weighted by molar-refractivity contribution is 5.81. The minimum Gasteiger partial charge on any atom is -0.468 e. The number of likely N-dealkylation sites (N-methyl/N-ethyl adjacent to an activating group) is 1. The van der Waals surface area contributed by atoms with Gasteiger partial charge in [0.25, 0.3) is 0 Å².